The summed E-state index contributed by atoms with van der Waals surface area (Å²) in [6.45, 7) is 2.12. The van der Waals surface area contributed by atoms with Gasteiger partial charge < -0.3 is 5.32 Å². The number of aromatic nitrogens is 3. The van der Waals surface area contributed by atoms with E-state index in [2.05, 4.69) is 49.2 Å². The van der Waals surface area contributed by atoms with Gasteiger partial charge in [0.05, 0.1) is 11.7 Å². The smallest absolute Gasteiger partial charge is 0.153 e. The Balaban J connectivity index is 2.49. The summed E-state index contributed by atoms with van der Waals surface area (Å²) in [6, 6.07) is 0.126. The van der Waals surface area contributed by atoms with Crippen LogP contribution in [0.1, 0.15) is 22.9 Å². The number of aryl methyl sites for hydroxylation is 2. The van der Waals surface area contributed by atoms with Crippen molar-refractivity contribution in [3.63, 3.8) is 0 Å². The van der Waals surface area contributed by atoms with E-state index in [0.717, 1.165) is 10.3 Å². The number of nitrogens with zero attached hydrogens (tertiary/aromatic N) is 3. The van der Waals surface area contributed by atoms with E-state index in [1.165, 1.54) is 11.1 Å². The summed E-state index contributed by atoms with van der Waals surface area (Å²) in [5, 5.41) is 15.6. The van der Waals surface area contributed by atoms with E-state index in [4.69, 9.17) is 0 Å². The minimum atomic E-state index is 0.126. The predicted molar refractivity (Wildman–Crippen MR) is 68.7 cm³/mol. The number of thiophene rings is 1. The van der Waals surface area contributed by atoms with Gasteiger partial charge in [-0.2, -0.15) is 11.3 Å². The first-order valence-electron chi connectivity index (χ1n) is 4.90. The van der Waals surface area contributed by atoms with Gasteiger partial charge in [-0.1, -0.05) is 5.21 Å². The molecule has 0 aliphatic heterocycles. The second-order valence-electron chi connectivity index (χ2n) is 3.62. The Morgan fingerprint density at radius 1 is 1.50 bits per heavy atom. The molecule has 0 bridgehead atoms. The molecule has 0 radical (unpaired) electrons. The van der Waals surface area contributed by atoms with Gasteiger partial charge in [-0.05, 0) is 51.8 Å². The summed E-state index contributed by atoms with van der Waals surface area (Å²) < 4.78 is 2.59. The SMILES string of the molecule is CNC(c1cscc1C)c1c(Br)nnn1C. The number of nitrogens with one attached hydrogen (secondary N) is 1. The molecule has 6 heteroatoms. The van der Waals surface area contributed by atoms with Gasteiger partial charge in [0.1, 0.15) is 0 Å². The summed E-state index contributed by atoms with van der Waals surface area (Å²) in [7, 11) is 3.85. The van der Waals surface area contributed by atoms with E-state index >= 15 is 0 Å². The van der Waals surface area contributed by atoms with Gasteiger partial charge in [0.15, 0.2) is 4.60 Å². The molecule has 0 spiro atoms. The molecule has 1 N–H and O–H groups in total. The highest BCUT2D eigenvalue weighted by Gasteiger charge is 2.22. The Morgan fingerprint density at radius 2 is 2.25 bits per heavy atom. The molecule has 2 heterocycles. The first kappa shape index (κ1) is 11.8. The monoisotopic (exact) mass is 300 g/mol. The fourth-order valence-electron chi connectivity index (χ4n) is 1.75. The maximum atomic E-state index is 4.02. The molecule has 0 saturated carbocycles. The molecule has 0 fully saturated rings. The summed E-state index contributed by atoms with van der Waals surface area (Å²) in [5.41, 5.74) is 3.61. The van der Waals surface area contributed by atoms with Crippen LogP contribution in [0.4, 0.5) is 0 Å². The van der Waals surface area contributed by atoms with E-state index in [9.17, 15) is 0 Å². The van der Waals surface area contributed by atoms with Crippen molar-refractivity contribution in [1.82, 2.24) is 20.3 Å². The normalized spacial score (nSPS) is 13.0. The Bertz CT molecular complexity index is 471. The number of hydrogen-bond donors (Lipinski definition) is 1. The molecule has 0 aliphatic rings. The maximum Gasteiger partial charge on any atom is 0.153 e. The Hall–Kier alpha value is -0.720. The van der Waals surface area contributed by atoms with Crippen LogP contribution in [0.5, 0.6) is 0 Å². The van der Waals surface area contributed by atoms with Crippen molar-refractivity contribution in [2.24, 2.45) is 7.05 Å². The van der Waals surface area contributed by atoms with Crippen LogP contribution in [0.2, 0.25) is 0 Å². The van der Waals surface area contributed by atoms with E-state index in [0.29, 0.717) is 0 Å². The van der Waals surface area contributed by atoms with Gasteiger partial charge in [0.25, 0.3) is 0 Å². The lowest BCUT2D eigenvalue weighted by Gasteiger charge is -2.16. The highest BCUT2D eigenvalue weighted by molar-refractivity contribution is 9.10. The number of halogens is 1. The van der Waals surface area contributed by atoms with Crippen molar-refractivity contribution in [1.29, 1.82) is 0 Å². The quantitative estimate of drug-likeness (QED) is 0.945. The summed E-state index contributed by atoms with van der Waals surface area (Å²) >= 11 is 5.15. The van der Waals surface area contributed by atoms with E-state index < -0.39 is 0 Å². The largest absolute Gasteiger partial charge is 0.308 e. The Kier molecular flexibility index (Phi) is 3.41. The fourth-order valence-corrected chi connectivity index (χ4v) is 3.18. The third-order valence-electron chi connectivity index (χ3n) is 2.59. The zero-order chi connectivity index (χ0) is 11.7. The number of rotatable bonds is 3. The highest BCUT2D eigenvalue weighted by atomic mass is 79.9. The van der Waals surface area contributed by atoms with Crippen LogP contribution >= 0.6 is 27.3 Å². The first-order valence-corrected chi connectivity index (χ1v) is 6.63. The van der Waals surface area contributed by atoms with Gasteiger partial charge in [0, 0.05) is 7.05 Å². The third kappa shape index (κ3) is 1.92. The van der Waals surface area contributed by atoms with E-state index in [-0.39, 0.29) is 6.04 Å². The van der Waals surface area contributed by atoms with Crippen molar-refractivity contribution in [2.45, 2.75) is 13.0 Å². The lowest BCUT2D eigenvalue weighted by Crippen LogP contribution is -2.21. The third-order valence-corrected chi connectivity index (χ3v) is 4.04. The topological polar surface area (TPSA) is 42.7 Å². The minimum absolute atomic E-state index is 0.126. The Morgan fingerprint density at radius 3 is 2.69 bits per heavy atom. The molecule has 2 aromatic rings. The molecular formula is C10H13BrN4S. The van der Waals surface area contributed by atoms with Crippen LogP contribution in [0.25, 0.3) is 0 Å². The zero-order valence-corrected chi connectivity index (χ0v) is 11.8. The highest BCUT2D eigenvalue weighted by Crippen LogP contribution is 2.30. The second kappa shape index (κ2) is 4.65. The summed E-state index contributed by atoms with van der Waals surface area (Å²) in [4.78, 5) is 0. The van der Waals surface area contributed by atoms with Gasteiger partial charge in [-0.25, -0.2) is 4.68 Å². The van der Waals surface area contributed by atoms with Crippen molar-refractivity contribution in [3.05, 3.63) is 32.2 Å². The molecule has 0 amide bonds. The van der Waals surface area contributed by atoms with Crippen LogP contribution in [0.15, 0.2) is 15.4 Å². The lowest BCUT2D eigenvalue weighted by molar-refractivity contribution is 0.596. The average molecular weight is 301 g/mol. The molecule has 0 saturated heterocycles. The van der Waals surface area contributed by atoms with Crippen molar-refractivity contribution in [3.8, 4) is 0 Å². The van der Waals surface area contributed by atoms with Crippen LogP contribution in [0, 0.1) is 6.92 Å². The molecule has 0 aromatic carbocycles. The minimum Gasteiger partial charge on any atom is -0.308 e. The summed E-state index contributed by atoms with van der Waals surface area (Å²) in [6.07, 6.45) is 0. The van der Waals surface area contributed by atoms with Gasteiger partial charge in [-0.15, -0.1) is 5.10 Å². The van der Waals surface area contributed by atoms with Crippen LogP contribution in [-0.4, -0.2) is 22.0 Å². The molecule has 86 valence electrons. The van der Waals surface area contributed by atoms with Crippen molar-refractivity contribution in [2.75, 3.05) is 7.05 Å². The average Bonchev–Trinajstić information content (AvgIpc) is 2.80. The molecule has 2 aromatic heterocycles. The van der Waals surface area contributed by atoms with Gasteiger partial charge in [-0.3, -0.25) is 0 Å². The maximum absolute atomic E-state index is 4.02. The zero-order valence-electron chi connectivity index (χ0n) is 9.36. The molecule has 1 atom stereocenters. The number of hydrogen-bond acceptors (Lipinski definition) is 4. The molecule has 0 aliphatic carbocycles. The van der Waals surface area contributed by atoms with Crippen molar-refractivity contribution >= 4 is 27.3 Å². The van der Waals surface area contributed by atoms with Crippen molar-refractivity contribution < 1.29 is 0 Å². The van der Waals surface area contributed by atoms with E-state index in [1.807, 2.05) is 14.1 Å². The van der Waals surface area contributed by atoms with Gasteiger partial charge in [0.2, 0.25) is 0 Å². The van der Waals surface area contributed by atoms with Crippen LogP contribution < -0.4 is 5.32 Å². The Labute approximate surface area is 107 Å². The molecule has 2 rings (SSSR count). The van der Waals surface area contributed by atoms with E-state index in [1.54, 1.807) is 16.0 Å². The first-order chi connectivity index (χ1) is 7.65. The summed E-state index contributed by atoms with van der Waals surface area (Å²) in [5.74, 6) is 0. The lowest BCUT2D eigenvalue weighted by atomic mass is 10.0. The van der Waals surface area contributed by atoms with Crippen LogP contribution in [0.3, 0.4) is 0 Å². The molecular weight excluding hydrogens is 288 g/mol. The van der Waals surface area contributed by atoms with Gasteiger partial charge >= 0.3 is 0 Å². The second-order valence-corrected chi connectivity index (χ2v) is 5.12. The molecule has 4 nitrogen and oxygen atoms in total. The molecule has 16 heavy (non-hydrogen) atoms. The van der Waals surface area contributed by atoms with Crippen LogP contribution in [-0.2, 0) is 7.05 Å². The molecule has 1 unspecified atom stereocenters. The predicted octanol–water partition coefficient (Wildman–Crippen LogP) is 2.26. The fraction of sp³-hybridized carbons (Fsp3) is 0.400. The standard InChI is InChI=1S/C10H13BrN4S/c1-6-4-16-5-7(6)8(12-2)9-10(11)13-14-15(9)3/h4-5,8,12H,1-3H3.